The summed E-state index contributed by atoms with van der Waals surface area (Å²) < 4.78 is 3.31. The molecule has 0 radical (unpaired) electrons. The number of hydrogen-bond acceptors (Lipinski definition) is 5. The van der Waals surface area contributed by atoms with Crippen LogP contribution in [0.25, 0.3) is 0 Å². The van der Waals surface area contributed by atoms with Gasteiger partial charge >= 0.3 is 5.97 Å². The van der Waals surface area contributed by atoms with Crippen molar-refractivity contribution < 1.29 is 23.9 Å². The predicted octanol–water partition coefficient (Wildman–Crippen LogP) is 4.32. The number of amides is 2. The van der Waals surface area contributed by atoms with Crippen LogP contribution in [0.3, 0.4) is 0 Å². The van der Waals surface area contributed by atoms with Gasteiger partial charge in [0.25, 0.3) is 0 Å². The maximum absolute atomic E-state index is 13.8. The summed E-state index contributed by atoms with van der Waals surface area (Å²) in [4.78, 5) is 53.5. The minimum absolute atomic E-state index is 0.362. The maximum atomic E-state index is 13.8. The summed E-state index contributed by atoms with van der Waals surface area (Å²) in [6.07, 6.45) is 0. The molecule has 0 unspecified atom stereocenters. The Bertz CT molecular complexity index is 1330. The molecule has 7 rings (SSSR count). The Morgan fingerprint density at radius 3 is 1.58 bits per heavy atom. The van der Waals surface area contributed by atoms with Crippen molar-refractivity contribution in [1.82, 2.24) is 4.90 Å². The highest BCUT2D eigenvalue weighted by molar-refractivity contribution is 9.10. The minimum atomic E-state index is -0.922. The van der Waals surface area contributed by atoms with Gasteiger partial charge in [-0.1, -0.05) is 111 Å². The molecule has 0 N–H and O–H groups in total. The molecule has 0 saturated carbocycles. The summed E-state index contributed by atoms with van der Waals surface area (Å²) in [5.41, 5.74) is 4.09. The first-order valence-corrected chi connectivity index (χ1v) is 13.0. The lowest BCUT2D eigenvalue weighted by Gasteiger charge is -2.55. The lowest BCUT2D eigenvalue weighted by atomic mass is 9.54. The first-order chi connectivity index (χ1) is 17.3. The van der Waals surface area contributed by atoms with Crippen LogP contribution < -0.4 is 0 Å². The zero-order valence-electron chi connectivity index (χ0n) is 18.8. The molecular weight excluding hydrogens is 590 g/mol. The SMILES string of the molecule is O=C(CN1C(=O)[C@H]2[C@H](C1=O)C1(Br)c3ccccc3C2(Br)c2ccccc21)OCC(=O)c1ccccc1. The average Bonchev–Trinajstić information content (AvgIpc) is 3.17. The summed E-state index contributed by atoms with van der Waals surface area (Å²) in [6.45, 7) is -1.01. The molecule has 6 nitrogen and oxygen atoms in total. The number of hydrogen-bond donors (Lipinski definition) is 0. The van der Waals surface area contributed by atoms with E-state index in [1.807, 2.05) is 48.5 Å². The zero-order chi connectivity index (χ0) is 25.2. The highest BCUT2D eigenvalue weighted by Crippen LogP contribution is 2.70. The molecule has 1 fully saturated rings. The second kappa shape index (κ2) is 8.21. The van der Waals surface area contributed by atoms with E-state index in [0.717, 1.165) is 27.2 Å². The Kier molecular flexibility index (Phi) is 5.32. The quantitative estimate of drug-likeness (QED) is 0.187. The van der Waals surface area contributed by atoms with Crippen LogP contribution in [-0.4, -0.2) is 41.6 Å². The summed E-state index contributed by atoms with van der Waals surface area (Å²) in [5.74, 6) is -3.57. The van der Waals surface area contributed by atoms with Gasteiger partial charge in [-0.3, -0.25) is 24.1 Å². The number of nitrogens with zero attached hydrogens (tertiary/aromatic N) is 1. The zero-order valence-corrected chi connectivity index (χ0v) is 22.0. The molecule has 2 atom stereocenters. The van der Waals surface area contributed by atoms with Crippen molar-refractivity contribution >= 4 is 55.4 Å². The van der Waals surface area contributed by atoms with Crippen molar-refractivity contribution in [2.24, 2.45) is 11.8 Å². The number of alkyl halides is 2. The van der Waals surface area contributed by atoms with Crippen LogP contribution in [0.4, 0.5) is 0 Å². The third-order valence-corrected chi connectivity index (χ3v) is 10.1. The summed E-state index contributed by atoms with van der Waals surface area (Å²) in [7, 11) is 0. The molecule has 4 aliphatic rings. The molecule has 3 aromatic carbocycles. The third kappa shape index (κ3) is 3.00. The van der Waals surface area contributed by atoms with Gasteiger partial charge in [0.15, 0.2) is 12.4 Å². The Balaban J connectivity index is 1.32. The largest absolute Gasteiger partial charge is 0.456 e. The van der Waals surface area contributed by atoms with Gasteiger partial charge in [-0.2, -0.15) is 0 Å². The van der Waals surface area contributed by atoms with Gasteiger partial charge in [0, 0.05) is 5.56 Å². The smallest absolute Gasteiger partial charge is 0.326 e. The van der Waals surface area contributed by atoms with E-state index in [2.05, 4.69) is 31.9 Å². The lowest BCUT2D eigenvalue weighted by Crippen LogP contribution is -2.56. The number of imide groups is 1. The maximum Gasteiger partial charge on any atom is 0.326 e. The highest BCUT2D eigenvalue weighted by atomic mass is 79.9. The van der Waals surface area contributed by atoms with E-state index < -0.39 is 51.4 Å². The van der Waals surface area contributed by atoms with Crippen molar-refractivity contribution in [1.29, 1.82) is 0 Å². The van der Waals surface area contributed by atoms with Crippen molar-refractivity contribution in [3.05, 3.63) is 107 Å². The average molecular weight is 609 g/mol. The number of carbonyl (C=O) groups is 4. The minimum Gasteiger partial charge on any atom is -0.456 e. The number of rotatable bonds is 5. The summed E-state index contributed by atoms with van der Waals surface area (Å²) in [6, 6.07) is 24.0. The molecule has 8 heteroatoms. The fraction of sp³-hybridized carbons (Fsp3) is 0.214. The van der Waals surface area contributed by atoms with Gasteiger partial charge in [-0.15, -0.1) is 0 Å². The fourth-order valence-electron chi connectivity index (χ4n) is 5.91. The molecule has 1 aliphatic heterocycles. The van der Waals surface area contributed by atoms with Crippen molar-refractivity contribution in [3.8, 4) is 0 Å². The van der Waals surface area contributed by atoms with E-state index in [0.29, 0.717) is 5.56 Å². The van der Waals surface area contributed by atoms with Gasteiger partial charge in [0.2, 0.25) is 11.8 Å². The fourth-order valence-corrected chi connectivity index (χ4v) is 8.21. The van der Waals surface area contributed by atoms with E-state index in [-0.39, 0.29) is 5.78 Å². The van der Waals surface area contributed by atoms with Gasteiger partial charge < -0.3 is 4.74 Å². The van der Waals surface area contributed by atoms with E-state index >= 15 is 0 Å². The second-order valence-corrected chi connectivity index (χ2v) is 11.7. The topological polar surface area (TPSA) is 80.8 Å². The van der Waals surface area contributed by atoms with E-state index in [4.69, 9.17) is 4.74 Å². The molecule has 36 heavy (non-hydrogen) atoms. The Hall–Kier alpha value is -3.10. The van der Waals surface area contributed by atoms with E-state index in [1.54, 1.807) is 30.3 Å². The van der Waals surface area contributed by atoms with Gasteiger partial charge in [0.1, 0.15) is 6.54 Å². The standard InChI is InChI=1S/C28H19Br2NO5/c29-27-17-10-4-5-11-18(17)28(30,20-13-7-6-12-19(20)27)24-23(27)25(34)31(26(24)35)14-22(33)36-15-21(32)16-8-2-1-3-9-16/h1-13,23-24H,14-15H2/t23-,24-,27?,28?/m1/s1. The van der Waals surface area contributed by atoms with Crippen molar-refractivity contribution in [2.45, 2.75) is 8.65 Å². The van der Waals surface area contributed by atoms with Crippen LogP contribution in [0, 0.1) is 11.8 Å². The first kappa shape index (κ1) is 23.3. The van der Waals surface area contributed by atoms with Gasteiger partial charge in [-0.05, 0) is 22.3 Å². The number of ether oxygens (including phenoxy) is 1. The number of Topliss-reactive ketones (excluding diaryl/α,β-unsaturated/α-hetero) is 1. The van der Waals surface area contributed by atoms with E-state index in [1.165, 1.54) is 0 Å². The van der Waals surface area contributed by atoms with Crippen LogP contribution in [0.5, 0.6) is 0 Å². The van der Waals surface area contributed by atoms with Crippen LogP contribution in [0.1, 0.15) is 32.6 Å². The molecular formula is C28H19Br2NO5. The molecule has 0 aromatic heterocycles. The van der Waals surface area contributed by atoms with Crippen molar-refractivity contribution in [3.63, 3.8) is 0 Å². The normalized spacial score (nSPS) is 27.3. The van der Waals surface area contributed by atoms with E-state index in [9.17, 15) is 19.2 Å². The third-order valence-electron chi connectivity index (χ3n) is 7.42. The number of carbonyl (C=O) groups excluding carboxylic acids is 4. The molecule has 2 bridgehead atoms. The number of halogens is 2. The van der Waals surface area contributed by atoms with Crippen LogP contribution >= 0.6 is 31.9 Å². The number of benzene rings is 3. The Morgan fingerprint density at radius 1 is 0.722 bits per heavy atom. The Morgan fingerprint density at radius 2 is 1.14 bits per heavy atom. The lowest BCUT2D eigenvalue weighted by molar-refractivity contribution is -0.152. The van der Waals surface area contributed by atoms with Crippen LogP contribution in [0.15, 0.2) is 78.9 Å². The molecule has 3 aliphatic carbocycles. The second-order valence-electron chi connectivity index (χ2n) is 9.18. The summed E-state index contributed by atoms with van der Waals surface area (Å²) in [5, 5.41) is 0. The van der Waals surface area contributed by atoms with Crippen LogP contribution in [-0.2, 0) is 27.8 Å². The predicted molar refractivity (Wildman–Crippen MR) is 138 cm³/mol. The van der Waals surface area contributed by atoms with Gasteiger partial charge in [0.05, 0.1) is 20.5 Å². The highest BCUT2D eigenvalue weighted by Gasteiger charge is 2.72. The molecule has 1 heterocycles. The van der Waals surface area contributed by atoms with Crippen molar-refractivity contribution in [2.75, 3.05) is 13.2 Å². The molecule has 3 aromatic rings. The van der Waals surface area contributed by atoms with Gasteiger partial charge in [-0.25, -0.2) is 0 Å². The monoisotopic (exact) mass is 607 g/mol. The molecule has 2 amide bonds. The first-order valence-electron chi connectivity index (χ1n) is 11.5. The number of likely N-dealkylation sites (tertiary alicyclic amines) is 1. The van der Waals surface area contributed by atoms with Crippen LogP contribution in [0.2, 0.25) is 0 Å². The summed E-state index contributed by atoms with van der Waals surface area (Å²) >= 11 is 7.83. The molecule has 0 spiro atoms. The number of esters is 1. The number of ketones is 1. The molecule has 1 saturated heterocycles. The Labute approximate surface area is 223 Å². The molecule has 180 valence electrons.